The van der Waals surface area contributed by atoms with Gasteiger partial charge in [0.2, 0.25) is 0 Å². The van der Waals surface area contributed by atoms with E-state index in [0.29, 0.717) is 16.6 Å². The Labute approximate surface area is 187 Å². The predicted molar refractivity (Wildman–Crippen MR) is 128 cm³/mol. The number of amidine groups is 1. The molecule has 1 aromatic heterocycles. The molecule has 1 fully saturated rings. The number of ether oxygens (including phenoxy) is 1. The van der Waals surface area contributed by atoms with Gasteiger partial charge in [-0.1, -0.05) is 6.07 Å². The highest BCUT2D eigenvalue weighted by Gasteiger charge is 2.32. The number of amides is 1. The van der Waals surface area contributed by atoms with E-state index in [4.69, 9.17) is 9.73 Å². The topological polar surface area (TPSA) is 46.8 Å². The Morgan fingerprint density at radius 1 is 1.06 bits per heavy atom. The zero-order chi connectivity index (χ0) is 22.0. The van der Waals surface area contributed by atoms with Crippen LogP contribution in [0.4, 0.5) is 5.69 Å². The van der Waals surface area contributed by atoms with Crippen LogP contribution in [-0.2, 0) is 4.79 Å². The zero-order valence-electron chi connectivity index (χ0n) is 18.1. The van der Waals surface area contributed by atoms with Crippen molar-refractivity contribution in [2.75, 3.05) is 13.7 Å². The Bertz CT molecular complexity index is 1180. The fourth-order valence-corrected chi connectivity index (χ4v) is 4.44. The first kappa shape index (κ1) is 21.0. The van der Waals surface area contributed by atoms with Crippen LogP contribution in [0.15, 0.2) is 70.7 Å². The van der Waals surface area contributed by atoms with E-state index in [1.165, 1.54) is 22.9 Å². The Hall–Kier alpha value is -3.25. The third-order valence-corrected chi connectivity index (χ3v) is 6.34. The summed E-state index contributed by atoms with van der Waals surface area (Å²) < 4.78 is 7.31. The van der Waals surface area contributed by atoms with E-state index in [2.05, 4.69) is 36.6 Å². The van der Waals surface area contributed by atoms with Crippen molar-refractivity contribution in [3.8, 4) is 11.4 Å². The van der Waals surface area contributed by atoms with Crippen molar-refractivity contribution in [3.05, 3.63) is 82.5 Å². The first-order chi connectivity index (χ1) is 15.0. The van der Waals surface area contributed by atoms with Gasteiger partial charge in [0.25, 0.3) is 5.91 Å². The van der Waals surface area contributed by atoms with Crippen molar-refractivity contribution in [1.82, 2.24) is 9.47 Å². The number of aromatic nitrogens is 1. The van der Waals surface area contributed by atoms with Gasteiger partial charge in [-0.3, -0.25) is 9.69 Å². The lowest BCUT2D eigenvalue weighted by Crippen LogP contribution is -2.28. The summed E-state index contributed by atoms with van der Waals surface area (Å²) in [5.74, 6) is 0.756. The van der Waals surface area contributed by atoms with E-state index in [-0.39, 0.29) is 5.91 Å². The van der Waals surface area contributed by atoms with Gasteiger partial charge in [0.1, 0.15) is 5.75 Å². The second-order valence-electron chi connectivity index (χ2n) is 7.32. The molecule has 0 aliphatic carbocycles. The van der Waals surface area contributed by atoms with Gasteiger partial charge in [0, 0.05) is 24.1 Å². The molecule has 2 heterocycles. The van der Waals surface area contributed by atoms with Gasteiger partial charge in [-0.05, 0) is 98.3 Å². The van der Waals surface area contributed by atoms with Gasteiger partial charge >= 0.3 is 0 Å². The molecule has 0 saturated carbocycles. The molecule has 1 aliphatic heterocycles. The normalized spacial score (nSPS) is 16.5. The van der Waals surface area contributed by atoms with Gasteiger partial charge < -0.3 is 9.30 Å². The summed E-state index contributed by atoms with van der Waals surface area (Å²) in [6.07, 6.45) is 3.96. The summed E-state index contributed by atoms with van der Waals surface area (Å²) in [4.78, 5) is 20.1. The third-order valence-electron chi connectivity index (χ3n) is 5.33. The van der Waals surface area contributed by atoms with Crippen LogP contribution in [0.5, 0.6) is 5.75 Å². The molecule has 31 heavy (non-hydrogen) atoms. The molecule has 2 aromatic carbocycles. The molecule has 0 atom stereocenters. The SMILES string of the molecule is CCN1C(=O)/C(=C\c2cccn2-c2ccc(C)c(C)c2)SC1=Nc1ccc(OC)cc1. The first-order valence-corrected chi connectivity index (χ1v) is 11.0. The summed E-state index contributed by atoms with van der Waals surface area (Å²) in [6.45, 7) is 6.74. The standard InChI is InChI=1S/C25H25N3O2S/c1-5-27-24(29)23(31-25(27)26-19-9-12-22(30-4)13-10-19)16-20-7-6-14-28(20)21-11-8-17(2)18(3)15-21/h6-16H,5H2,1-4H3/b23-16+,26-25?. The molecule has 6 heteroatoms. The van der Waals surface area contributed by atoms with E-state index < -0.39 is 0 Å². The smallest absolute Gasteiger partial charge is 0.266 e. The van der Waals surface area contributed by atoms with Crippen molar-refractivity contribution < 1.29 is 9.53 Å². The number of hydrogen-bond donors (Lipinski definition) is 0. The van der Waals surface area contributed by atoms with Crippen molar-refractivity contribution in [2.24, 2.45) is 4.99 Å². The van der Waals surface area contributed by atoms with Crippen LogP contribution in [0.25, 0.3) is 11.8 Å². The van der Waals surface area contributed by atoms with E-state index >= 15 is 0 Å². The lowest BCUT2D eigenvalue weighted by atomic mass is 10.1. The van der Waals surface area contributed by atoms with E-state index in [1.54, 1.807) is 12.0 Å². The van der Waals surface area contributed by atoms with Gasteiger partial charge in [0.15, 0.2) is 5.17 Å². The highest BCUT2D eigenvalue weighted by molar-refractivity contribution is 8.18. The summed E-state index contributed by atoms with van der Waals surface area (Å²) >= 11 is 1.41. The monoisotopic (exact) mass is 431 g/mol. The second kappa shape index (κ2) is 8.86. The molecule has 0 unspecified atom stereocenters. The minimum absolute atomic E-state index is 0.0207. The number of carbonyl (C=O) groups is 1. The Morgan fingerprint density at radius 2 is 1.84 bits per heavy atom. The quantitative estimate of drug-likeness (QED) is 0.485. The number of methoxy groups -OCH3 is 1. The molecule has 1 amide bonds. The Morgan fingerprint density at radius 3 is 2.52 bits per heavy atom. The highest BCUT2D eigenvalue weighted by Crippen LogP contribution is 2.34. The maximum absolute atomic E-state index is 13.0. The Kier molecular flexibility index (Phi) is 6.00. The molecule has 5 nitrogen and oxygen atoms in total. The maximum Gasteiger partial charge on any atom is 0.266 e. The molecule has 0 spiro atoms. The van der Waals surface area contributed by atoms with Gasteiger partial charge in [-0.2, -0.15) is 0 Å². The first-order valence-electron chi connectivity index (χ1n) is 10.2. The Balaban J connectivity index is 1.66. The summed E-state index contributed by atoms with van der Waals surface area (Å²) in [7, 11) is 1.63. The molecule has 3 aromatic rings. The van der Waals surface area contributed by atoms with Crippen LogP contribution in [-0.4, -0.2) is 34.2 Å². The van der Waals surface area contributed by atoms with Crippen molar-refractivity contribution >= 4 is 34.6 Å². The zero-order valence-corrected chi connectivity index (χ0v) is 18.9. The molecule has 1 saturated heterocycles. The molecular weight excluding hydrogens is 406 g/mol. The van der Waals surface area contributed by atoms with Crippen LogP contribution in [0.3, 0.4) is 0 Å². The summed E-state index contributed by atoms with van der Waals surface area (Å²) in [5, 5.41) is 0.688. The second-order valence-corrected chi connectivity index (χ2v) is 8.33. The predicted octanol–water partition coefficient (Wildman–Crippen LogP) is 5.73. The molecular formula is C25H25N3O2S. The van der Waals surface area contributed by atoms with Gasteiger partial charge in [-0.15, -0.1) is 0 Å². The molecule has 158 valence electrons. The average Bonchev–Trinajstić information content (AvgIpc) is 3.35. The number of carbonyl (C=O) groups excluding carboxylic acids is 1. The molecule has 0 N–H and O–H groups in total. The third kappa shape index (κ3) is 4.30. The molecule has 4 rings (SSSR count). The van der Waals surface area contributed by atoms with Gasteiger partial charge in [0.05, 0.1) is 17.7 Å². The fourth-order valence-electron chi connectivity index (χ4n) is 3.39. The molecule has 0 radical (unpaired) electrons. The number of benzene rings is 2. The van der Waals surface area contributed by atoms with Crippen LogP contribution in [0.1, 0.15) is 23.7 Å². The number of nitrogens with zero attached hydrogens (tertiary/aromatic N) is 3. The lowest BCUT2D eigenvalue weighted by Gasteiger charge is -2.12. The van der Waals surface area contributed by atoms with Crippen LogP contribution in [0, 0.1) is 13.8 Å². The van der Waals surface area contributed by atoms with E-state index in [1.807, 2.05) is 55.6 Å². The molecule has 0 bridgehead atoms. The number of thioether (sulfide) groups is 1. The van der Waals surface area contributed by atoms with Crippen molar-refractivity contribution in [1.29, 1.82) is 0 Å². The van der Waals surface area contributed by atoms with Crippen LogP contribution < -0.4 is 4.74 Å². The van der Waals surface area contributed by atoms with Crippen LogP contribution >= 0.6 is 11.8 Å². The summed E-state index contributed by atoms with van der Waals surface area (Å²) in [6, 6.07) is 17.9. The van der Waals surface area contributed by atoms with Crippen molar-refractivity contribution in [2.45, 2.75) is 20.8 Å². The average molecular weight is 432 g/mol. The summed E-state index contributed by atoms with van der Waals surface area (Å²) in [5.41, 5.74) is 5.32. The number of aliphatic imine (C=N–C) groups is 1. The van der Waals surface area contributed by atoms with Crippen molar-refractivity contribution in [3.63, 3.8) is 0 Å². The maximum atomic E-state index is 13.0. The number of aryl methyl sites for hydroxylation is 2. The van der Waals surface area contributed by atoms with Crippen LogP contribution in [0.2, 0.25) is 0 Å². The largest absolute Gasteiger partial charge is 0.497 e. The molecule has 1 aliphatic rings. The number of rotatable bonds is 5. The lowest BCUT2D eigenvalue weighted by molar-refractivity contribution is -0.122. The number of hydrogen-bond acceptors (Lipinski definition) is 4. The van der Waals surface area contributed by atoms with E-state index in [0.717, 1.165) is 22.8 Å². The highest BCUT2D eigenvalue weighted by atomic mass is 32.2. The minimum Gasteiger partial charge on any atom is -0.497 e. The van der Waals surface area contributed by atoms with E-state index in [9.17, 15) is 4.79 Å². The minimum atomic E-state index is -0.0207. The van der Waals surface area contributed by atoms with Gasteiger partial charge in [-0.25, -0.2) is 4.99 Å². The fraction of sp³-hybridized carbons (Fsp3) is 0.200. The number of likely N-dealkylation sites (N-methyl/N-ethyl adjacent to an activating group) is 1.